The molecule has 2 heterocycles. The zero-order valence-corrected chi connectivity index (χ0v) is 12.7. The lowest BCUT2D eigenvalue weighted by molar-refractivity contribution is 0.0722. The molecule has 0 radical (unpaired) electrons. The number of hydrogen-bond acceptors (Lipinski definition) is 3. The minimum atomic E-state index is -0.830. The van der Waals surface area contributed by atoms with Crippen molar-refractivity contribution in [3.05, 3.63) is 40.3 Å². The molecular weight excluding hydrogens is 283 g/mol. The van der Waals surface area contributed by atoms with Crippen LogP contribution in [0.2, 0.25) is 0 Å². The van der Waals surface area contributed by atoms with Crippen molar-refractivity contribution in [3.8, 4) is 0 Å². The Morgan fingerprint density at radius 1 is 1.27 bits per heavy atom. The second-order valence-corrected chi connectivity index (χ2v) is 6.04. The molecule has 2 aliphatic heterocycles. The number of azide groups is 1. The highest BCUT2D eigenvalue weighted by molar-refractivity contribution is 5.52. The number of hydrogen-bond donors (Lipinski definition) is 0. The number of alkyl halides is 1. The van der Waals surface area contributed by atoms with E-state index in [0.717, 1.165) is 5.56 Å². The quantitative estimate of drug-likeness (QED) is 0.450. The molecule has 2 aliphatic rings. The van der Waals surface area contributed by atoms with E-state index < -0.39 is 18.8 Å². The van der Waals surface area contributed by atoms with E-state index >= 15 is 0 Å². The van der Waals surface area contributed by atoms with Crippen molar-refractivity contribution in [2.75, 3.05) is 18.7 Å². The van der Waals surface area contributed by atoms with Gasteiger partial charge in [0, 0.05) is 29.8 Å². The Morgan fingerprint density at radius 2 is 1.86 bits per heavy atom. The van der Waals surface area contributed by atoms with Gasteiger partial charge in [0.15, 0.2) is 0 Å². The van der Waals surface area contributed by atoms with Gasteiger partial charge in [-0.25, -0.2) is 0 Å². The lowest BCUT2D eigenvalue weighted by atomic mass is 10.0. The third-order valence-electron chi connectivity index (χ3n) is 4.93. The highest BCUT2D eigenvalue weighted by atomic mass is 19.1. The van der Waals surface area contributed by atoms with E-state index in [1.54, 1.807) is 0 Å². The fourth-order valence-corrected chi connectivity index (χ4v) is 3.92. The predicted octanol–water partition coefficient (Wildman–Crippen LogP) is 4.15. The fraction of sp³-hybridized carbons (Fsp3) is 0.625. The topological polar surface area (TPSA) is 61.2 Å². The summed E-state index contributed by atoms with van der Waals surface area (Å²) in [6.45, 7) is -0.736. The zero-order valence-electron chi connectivity index (χ0n) is 12.7. The van der Waals surface area contributed by atoms with Crippen LogP contribution in [-0.2, 0) is 4.74 Å². The average Bonchev–Trinajstić information content (AvgIpc) is 3.15. The van der Waals surface area contributed by atoms with Crippen LogP contribution in [0, 0.1) is 0 Å². The third kappa shape index (κ3) is 2.64. The summed E-state index contributed by atoms with van der Waals surface area (Å²) in [4.78, 5) is 5.23. The summed E-state index contributed by atoms with van der Waals surface area (Å²) in [5, 5.41) is 3.49. The molecule has 0 aromatic heterocycles. The maximum atomic E-state index is 13.0. The Kier molecular flexibility index (Phi) is 4.50. The Bertz CT molecular complexity index is 538. The van der Waals surface area contributed by atoms with E-state index in [1.807, 2.05) is 12.1 Å². The molecule has 22 heavy (non-hydrogen) atoms. The molecule has 0 saturated carbocycles. The highest BCUT2D eigenvalue weighted by Gasteiger charge is 2.39. The summed E-state index contributed by atoms with van der Waals surface area (Å²) in [6, 6.07) is 8.58. The van der Waals surface area contributed by atoms with Crippen LogP contribution in [0.5, 0.6) is 0 Å². The monoisotopic (exact) mass is 304 g/mol. The largest absolute Gasteiger partial charge is 0.376 e. The van der Waals surface area contributed by atoms with Crippen molar-refractivity contribution in [1.29, 1.82) is 0 Å². The molecule has 1 aromatic carbocycles. The number of halogens is 1. The van der Waals surface area contributed by atoms with Gasteiger partial charge in [-0.15, -0.1) is 0 Å². The first-order valence-corrected chi connectivity index (χ1v) is 7.79. The second-order valence-electron chi connectivity index (χ2n) is 6.04. The van der Waals surface area contributed by atoms with E-state index in [2.05, 4.69) is 27.1 Å². The molecule has 1 aromatic rings. The summed E-state index contributed by atoms with van der Waals surface area (Å²) < 4.78 is 18.4. The number of benzene rings is 1. The molecule has 5 nitrogen and oxygen atoms in total. The van der Waals surface area contributed by atoms with Gasteiger partial charge in [-0.3, -0.25) is 4.39 Å². The zero-order chi connectivity index (χ0) is 15.5. The van der Waals surface area contributed by atoms with Gasteiger partial charge < -0.3 is 9.64 Å². The van der Waals surface area contributed by atoms with Crippen LogP contribution >= 0.6 is 0 Å². The number of fused-ring (bicyclic) bond motifs is 2. The lowest BCUT2D eigenvalue weighted by Gasteiger charge is -2.26. The molecule has 118 valence electrons. The van der Waals surface area contributed by atoms with Gasteiger partial charge in [-0.2, -0.15) is 0 Å². The van der Waals surface area contributed by atoms with Gasteiger partial charge >= 0.3 is 0 Å². The van der Waals surface area contributed by atoms with Crippen LogP contribution in [0.4, 0.5) is 10.1 Å². The number of rotatable bonds is 6. The number of nitrogens with zero attached hydrogens (tertiary/aromatic N) is 4. The van der Waals surface area contributed by atoms with Crippen LogP contribution < -0.4 is 4.90 Å². The minimum Gasteiger partial charge on any atom is -0.376 e. The van der Waals surface area contributed by atoms with Crippen molar-refractivity contribution < 1.29 is 9.13 Å². The summed E-state index contributed by atoms with van der Waals surface area (Å²) in [7, 11) is 1.51. The molecule has 2 atom stereocenters. The molecule has 6 heteroatoms. The van der Waals surface area contributed by atoms with Crippen LogP contribution in [0.3, 0.4) is 0 Å². The Hall–Kier alpha value is -1.78. The first kappa shape index (κ1) is 15.1. The van der Waals surface area contributed by atoms with Crippen LogP contribution in [-0.4, -0.2) is 31.9 Å². The van der Waals surface area contributed by atoms with Crippen LogP contribution in [0.25, 0.3) is 10.4 Å². The molecule has 0 spiro atoms. The summed E-state index contributed by atoms with van der Waals surface area (Å²) in [6.07, 6.45) is 4.59. The molecule has 0 unspecified atom stereocenters. The molecule has 2 saturated heterocycles. The predicted molar refractivity (Wildman–Crippen MR) is 83.6 cm³/mol. The number of anilines is 1. The summed E-state index contributed by atoms with van der Waals surface area (Å²) >= 11 is 0. The Labute approximate surface area is 129 Å². The first-order valence-electron chi connectivity index (χ1n) is 7.79. The van der Waals surface area contributed by atoms with E-state index in [1.165, 1.54) is 38.5 Å². The fourth-order valence-electron chi connectivity index (χ4n) is 3.92. The molecule has 3 rings (SSSR count). The normalized spacial score (nSPS) is 25.8. The molecule has 0 amide bonds. The average molecular weight is 304 g/mol. The standard InChI is InChI=1S/C16H21FN4O/c1-22-16(15(10-17)19-20-18)11-2-4-12(5-3-11)21-13-6-7-14(21)9-8-13/h2-5,13-16H,6-10H2,1H3/t13?,14?,15-,16-/m1/s1. The minimum absolute atomic E-state index is 0.551. The van der Waals surface area contributed by atoms with Gasteiger partial charge in [0.05, 0.1) is 12.1 Å². The van der Waals surface area contributed by atoms with E-state index in [9.17, 15) is 4.39 Å². The third-order valence-corrected chi connectivity index (χ3v) is 4.93. The van der Waals surface area contributed by atoms with E-state index in [4.69, 9.17) is 10.3 Å². The Morgan fingerprint density at radius 3 is 2.32 bits per heavy atom. The van der Waals surface area contributed by atoms with Crippen molar-refractivity contribution in [2.24, 2.45) is 5.11 Å². The first-order chi connectivity index (χ1) is 10.8. The SMILES string of the molecule is CO[C@H](c1ccc(N2C3CCC2CC3)cc1)[C@@H](CF)N=[N+]=[N-]. The van der Waals surface area contributed by atoms with Crippen molar-refractivity contribution in [1.82, 2.24) is 0 Å². The van der Waals surface area contributed by atoms with Gasteiger partial charge in [0.2, 0.25) is 0 Å². The molecule has 2 fully saturated rings. The molecule has 2 bridgehead atoms. The van der Waals surface area contributed by atoms with Gasteiger partial charge in [0.1, 0.15) is 6.67 Å². The maximum Gasteiger partial charge on any atom is 0.101 e. The van der Waals surface area contributed by atoms with Crippen LogP contribution in [0.15, 0.2) is 29.4 Å². The number of methoxy groups -OCH3 is 1. The van der Waals surface area contributed by atoms with Gasteiger partial charge in [-0.1, -0.05) is 17.2 Å². The van der Waals surface area contributed by atoms with E-state index in [0.29, 0.717) is 12.1 Å². The second kappa shape index (κ2) is 6.55. The summed E-state index contributed by atoms with van der Waals surface area (Å²) in [5.74, 6) is 0. The van der Waals surface area contributed by atoms with Crippen LogP contribution in [0.1, 0.15) is 37.4 Å². The number of ether oxygens (including phenoxy) is 1. The lowest BCUT2D eigenvalue weighted by Crippen LogP contribution is -2.28. The van der Waals surface area contributed by atoms with Gasteiger partial charge in [0.25, 0.3) is 0 Å². The molecule has 0 aliphatic carbocycles. The van der Waals surface area contributed by atoms with Crippen molar-refractivity contribution in [3.63, 3.8) is 0 Å². The molecule has 0 N–H and O–H groups in total. The van der Waals surface area contributed by atoms with Gasteiger partial charge in [-0.05, 0) is 48.9 Å². The highest BCUT2D eigenvalue weighted by Crippen LogP contribution is 2.41. The van der Waals surface area contributed by atoms with E-state index in [-0.39, 0.29) is 0 Å². The van der Waals surface area contributed by atoms with Crippen molar-refractivity contribution in [2.45, 2.75) is 49.9 Å². The Balaban J connectivity index is 1.79. The van der Waals surface area contributed by atoms with Crippen molar-refractivity contribution >= 4 is 5.69 Å². The summed E-state index contributed by atoms with van der Waals surface area (Å²) in [5.41, 5.74) is 10.6. The smallest absolute Gasteiger partial charge is 0.101 e. The maximum absolute atomic E-state index is 13.0. The molecular formula is C16H21FN4O.